The molecule has 0 spiro atoms. The smallest absolute Gasteiger partial charge is 0.261 e. The fourth-order valence-corrected chi connectivity index (χ4v) is 3.64. The van der Waals surface area contributed by atoms with E-state index in [2.05, 4.69) is 35.1 Å². The number of likely N-dealkylation sites (N-methyl/N-ethyl adjacent to an activating group) is 1. The standard InChI is InChI=1S/C24H31BrN2O3/c1-6-26-24(29)18(5)27(14-19-9-7-8-17(4)12-19)23(28)15-30-22-11-10-20(16(2)3)13-21(22)25/h7-13,16,18H,6,14-15H2,1-5H3,(H,26,29)/t18-/m1/s1. The number of hydrogen-bond donors (Lipinski definition) is 1. The molecule has 162 valence electrons. The molecule has 0 aliphatic heterocycles. The van der Waals surface area contributed by atoms with Crippen molar-refractivity contribution >= 4 is 27.7 Å². The molecule has 0 bridgehead atoms. The van der Waals surface area contributed by atoms with Crippen molar-refractivity contribution in [1.82, 2.24) is 10.2 Å². The van der Waals surface area contributed by atoms with Crippen LogP contribution in [0.4, 0.5) is 0 Å². The second-order valence-corrected chi connectivity index (χ2v) is 8.57. The molecular weight excluding hydrogens is 444 g/mol. The van der Waals surface area contributed by atoms with Crippen LogP contribution in [0.2, 0.25) is 0 Å². The summed E-state index contributed by atoms with van der Waals surface area (Å²) >= 11 is 3.52. The van der Waals surface area contributed by atoms with Crippen molar-refractivity contribution in [3.8, 4) is 5.75 Å². The third kappa shape index (κ3) is 6.59. The summed E-state index contributed by atoms with van der Waals surface area (Å²) in [4.78, 5) is 27.0. The number of nitrogens with one attached hydrogen (secondary N) is 1. The van der Waals surface area contributed by atoms with Crippen LogP contribution in [0.25, 0.3) is 0 Å². The topological polar surface area (TPSA) is 58.6 Å². The van der Waals surface area contributed by atoms with E-state index >= 15 is 0 Å². The van der Waals surface area contributed by atoms with Gasteiger partial charge in [0.05, 0.1) is 4.47 Å². The number of halogens is 1. The van der Waals surface area contributed by atoms with Crippen molar-refractivity contribution < 1.29 is 14.3 Å². The molecule has 5 nitrogen and oxygen atoms in total. The van der Waals surface area contributed by atoms with Crippen LogP contribution in [-0.4, -0.2) is 35.9 Å². The number of ether oxygens (including phenoxy) is 1. The van der Waals surface area contributed by atoms with E-state index in [1.54, 1.807) is 11.8 Å². The minimum absolute atomic E-state index is 0.144. The third-order valence-corrected chi connectivity index (χ3v) is 5.55. The maximum Gasteiger partial charge on any atom is 0.261 e. The summed E-state index contributed by atoms with van der Waals surface area (Å²) in [7, 11) is 0. The summed E-state index contributed by atoms with van der Waals surface area (Å²) in [6.45, 7) is 10.6. The van der Waals surface area contributed by atoms with Crippen molar-refractivity contribution in [2.75, 3.05) is 13.2 Å². The number of rotatable bonds is 9. The Balaban J connectivity index is 2.16. The molecule has 0 unspecified atom stereocenters. The minimum Gasteiger partial charge on any atom is -0.483 e. The maximum absolute atomic E-state index is 13.0. The maximum atomic E-state index is 13.0. The fraction of sp³-hybridized carbons (Fsp3) is 0.417. The van der Waals surface area contributed by atoms with Gasteiger partial charge in [0.25, 0.3) is 5.91 Å². The molecule has 1 N–H and O–H groups in total. The lowest BCUT2D eigenvalue weighted by atomic mass is 10.0. The van der Waals surface area contributed by atoms with E-state index in [1.807, 2.05) is 56.3 Å². The van der Waals surface area contributed by atoms with Gasteiger partial charge in [-0.25, -0.2) is 0 Å². The van der Waals surface area contributed by atoms with Gasteiger partial charge in [0.15, 0.2) is 6.61 Å². The first-order chi connectivity index (χ1) is 14.2. The van der Waals surface area contributed by atoms with Gasteiger partial charge in [0.1, 0.15) is 11.8 Å². The Kier molecular flexibility index (Phi) is 8.90. The number of carbonyl (C=O) groups is 2. The summed E-state index contributed by atoms with van der Waals surface area (Å²) < 4.78 is 6.60. The highest BCUT2D eigenvalue weighted by molar-refractivity contribution is 9.10. The number of hydrogen-bond acceptors (Lipinski definition) is 3. The highest BCUT2D eigenvalue weighted by atomic mass is 79.9. The van der Waals surface area contributed by atoms with Gasteiger partial charge in [-0.2, -0.15) is 0 Å². The van der Waals surface area contributed by atoms with Gasteiger partial charge < -0.3 is 15.0 Å². The Bertz CT molecular complexity index is 883. The van der Waals surface area contributed by atoms with Crippen LogP contribution in [0.1, 0.15) is 50.3 Å². The van der Waals surface area contributed by atoms with Gasteiger partial charge in [0, 0.05) is 13.1 Å². The molecular formula is C24H31BrN2O3. The molecule has 0 fully saturated rings. The van der Waals surface area contributed by atoms with Crippen molar-refractivity contribution in [2.24, 2.45) is 0 Å². The Hall–Kier alpha value is -2.34. The zero-order valence-electron chi connectivity index (χ0n) is 18.4. The number of nitrogens with zero attached hydrogens (tertiary/aromatic N) is 1. The van der Waals surface area contributed by atoms with Crippen molar-refractivity contribution in [3.05, 3.63) is 63.6 Å². The zero-order chi connectivity index (χ0) is 22.3. The molecule has 0 radical (unpaired) electrons. The van der Waals surface area contributed by atoms with Crippen LogP contribution >= 0.6 is 15.9 Å². The summed E-state index contributed by atoms with van der Waals surface area (Å²) in [5.41, 5.74) is 3.27. The van der Waals surface area contributed by atoms with Crippen molar-refractivity contribution in [3.63, 3.8) is 0 Å². The van der Waals surface area contributed by atoms with Crippen molar-refractivity contribution in [2.45, 2.75) is 53.1 Å². The van der Waals surface area contributed by atoms with E-state index in [0.717, 1.165) is 15.6 Å². The van der Waals surface area contributed by atoms with Gasteiger partial charge in [-0.05, 0) is 65.9 Å². The summed E-state index contributed by atoms with van der Waals surface area (Å²) in [6, 6.07) is 13.2. The molecule has 0 saturated carbocycles. The van der Waals surface area contributed by atoms with Gasteiger partial charge in [-0.3, -0.25) is 9.59 Å². The lowest BCUT2D eigenvalue weighted by molar-refractivity contribution is -0.142. The monoisotopic (exact) mass is 474 g/mol. The minimum atomic E-state index is -0.603. The van der Waals surface area contributed by atoms with Crippen LogP contribution in [0.5, 0.6) is 5.75 Å². The van der Waals surface area contributed by atoms with Crippen LogP contribution in [0, 0.1) is 6.92 Å². The van der Waals surface area contributed by atoms with Gasteiger partial charge in [-0.15, -0.1) is 0 Å². The molecule has 6 heteroatoms. The first kappa shape index (κ1) is 23.9. The largest absolute Gasteiger partial charge is 0.483 e. The van der Waals surface area contributed by atoms with Crippen LogP contribution in [0.3, 0.4) is 0 Å². The molecule has 2 aromatic rings. The number of amides is 2. The number of carbonyl (C=O) groups excluding carboxylic acids is 2. The van der Waals surface area contributed by atoms with Crippen molar-refractivity contribution in [1.29, 1.82) is 0 Å². The summed E-state index contributed by atoms with van der Waals surface area (Å²) in [5, 5.41) is 2.80. The molecule has 2 rings (SSSR count). The third-order valence-electron chi connectivity index (χ3n) is 4.93. The molecule has 2 amide bonds. The molecule has 0 aliphatic carbocycles. The Labute approximate surface area is 187 Å². The predicted molar refractivity (Wildman–Crippen MR) is 124 cm³/mol. The van der Waals surface area contributed by atoms with E-state index in [-0.39, 0.29) is 18.4 Å². The molecule has 0 aliphatic rings. The van der Waals surface area contributed by atoms with Crippen LogP contribution in [0.15, 0.2) is 46.9 Å². The Morgan fingerprint density at radius 1 is 1.13 bits per heavy atom. The average Bonchev–Trinajstić information content (AvgIpc) is 2.70. The Morgan fingerprint density at radius 2 is 1.87 bits per heavy atom. The molecule has 30 heavy (non-hydrogen) atoms. The van der Waals surface area contributed by atoms with E-state index in [1.165, 1.54) is 5.56 Å². The highest BCUT2D eigenvalue weighted by Crippen LogP contribution is 2.29. The first-order valence-corrected chi connectivity index (χ1v) is 11.1. The molecule has 2 aromatic carbocycles. The SMILES string of the molecule is CCNC(=O)[C@@H](C)N(Cc1cccc(C)c1)C(=O)COc1ccc(C(C)C)cc1Br. The quantitative estimate of drug-likeness (QED) is 0.566. The van der Waals surface area contributed by atoms with Gasteiger partial charge >= 0.3 is 0 Å². The second-order valence-electron chi connectivity index (χ2n) is 7.71. The van der Waals surface area contributed by atoms with E-state index in [0.29, 0.717) is 24.8 Å². The lowest BCUT2D eigenvalue weighted by Gasteiger charge is -2.28. The fourth-order valence-electron chi connectivity index (χ4n) is 3.13. The van der Waals surface area contributed by atoms with E-state index in [9.17, 15) is 9.59 Å². The highest BCUT2D eigenvalue weighted by Gasteiger charge is 2.26. The zero-order valence-corrected chi connectivity index (χ0v) is 20.0. The predicted octanol–water partition coefficient (Wildman–Crippen LogP) is 4.81. The lowest BCUT2D eigenvalue weighted by Crippen LogP contribution is -2.49. The number of aryl methyl sites for hydroxylation is 1. The first-order valence-electron chi connectivity index (χ1n) is 10.3. The van der Waals surface area contributed by atoms with Crippen LogP contribution in [-0.2, 0) is 16.1 Å². The normalized spacial score (nSPS) is 11.8. The van der Waals surface area contributed by atoms with Gasteiger partial charge in [0.2, 0.25) is 5.91 Å². The summed E-state index contributed by atoms with van der Waals surface area (Å²) in [5.74, 6) is 0.588. The van der Waals surface area contributed by atoms with E-state index < -0.39 is 6.04 Å². The second kappa shape index (κ2) is 11.2. The molecule has 1 atom stereocenters. The molecule has 0 saturated heterocycles. The van der Waals surface area contributed by atoms with Gasteiger partial charge in [-0.1, -0.05) is 49.7 Å². The van der Waals surface area contributed by atoms with Crippen LogP contribution < -0.4 is 10.1 Å². The van der Waals surface area contributed by atoms with E-state index in [4.69, 9.17) is 4.74 Å². The number of benzene rings is 2. The average molecular weight is 475 g/mol. The molecule has 0 heterocycles. The molecule has 0 aromatic heterocycles. The Morgan fingerprint density at radius 3 is 2.47 bits per heavy atom. The summed E-state index contributed by atoms with van der Waals surface area (Å²) in [6.07, 6.45) is 0.